The molecule has 16 heavy (non-hydrogen) atoms. The summed E-state index contributed by atoms with van der Waals surface area (Å²) in [6.45, 7) is 5.25. The molecule has 84 valence electrons. The van der Waals surface area contributed by atoms with Crippen LogP contribution in [0.2, 0.25) is 0 Å². The van der Waals surface area contributed by atoms with E-state index in [0.29, 0.717) is 5.92 Å². The van der Waals surface area contributed by atoms with Crippen LogP contribution >= 0.6 is 0 Å². The van der Waals surface area contributed by atoms with Crippen molar-refractivity contribution in [1.29, 1.82) is 0 Å². The minimum Gasteiger partial charge on any atom is -0.399 e. The van der Waals surface area contributed by atoms with Crippen molar-refractivity contribution >= 4 is 5.69 Å². The van der Waals surface area contributed by atoms with Gasteiger partial charge in [0, 0.05) is 17.8 Å². The van der Waals surface area contributed by atoms with Crippen LogP contribution in [0.3, 0.4) is 0 Å². The Hall–Kier alpha value is -1.84. The lowest BCUT2D eigenvalue weighted by molar-refractivity contribution is 0.525. The zero-order chi connectivity index (χ0) is 11.5. The molecular formula is C12H16N4. The Balaban J connectivity index is 2.37. The molecule has 0 unspecified atom stereocenters. The average molecular weight is 216 g/mol. The Labute approximate surface area is 95.1 Å². The van der Waals surface area contributed by atoms with Crippen molar-refractivity contribution in [2.75, 3.05) is 5.73 Å². The highest BCUT2D eigenvalue weighted by Gasteiger charge is 2.08. The van der Waals surface area contributed by atoms with E-state index in [0.717, 1.165) is 23.6 Å². The third-order valence-corrected chi connectivity index (χ3v) is 2.32. The van der Waals surface area contributed by atoms with E-state index in [4.69, 9.17) is 5.73 Å². The lowest BCUT2D eigenvalue weighted by Gasteiger charge is -2.09. The van der Waals surface area contributed by atoms with E-state index in [1.807, 2.05) is 24.3 Å². The molecule has 0 saturated carbocycles. The third-order valence-electron chi connectivity index (χ3n) is 2.32. The maximum atomic E-state index is 5.76. The third kappa shape index (κ3) is 2.21. The molecule has 2 aromatic rings. The van der Waals surface area contributed by atoms with Crippen molar-refractivity contribution in [2.45, 2.75) is 20.4 Å². The van der Waals surface area contributed by atoms with Crippen molar-refractivity contribution in [2.24, 2.45) is 5.92 Å². The molecule has 1 heterocycles. The van der Waals surface area contributed by atoms with Crippen LogP contribution in [0.4, 0.5) is 5.69 Å². The summed E-state index contributed by atoms with van der Waals surface area (Å²) in [7, 11) is 0. The molecule has 0 bridgehead atoms. The van der Waals surface area contributed by atoms with Gasteiger partial charge in [-0.15, -0.1) is 10.2 Å². The normalized spacial score (nSPS) is 10.9. The summed E-state index contributed by atoms with van der Waals surface area (Å²) in [6, 6.07) is 7.71. The van der Waals surface area contributed by atoms with Gasteiger partial charge in [0.1, 0.15) is 6.33 Å². The Bertz CT molecular complexity index is 473. The second kappa shape index (κ2) is 4.35. The fourth-order valence-electron chi connectivity index (χ4n) is 1.68. The van der Waals surface area contributed by atoms with Gasteiger partial charge in [0.25, 0.3) is 0 Å². The van der Waals surface area contributed by atoms with Crippen LogP contribution in [0.15, 0.2) is 30.6 Å². The highest BCUT2D eigenvalue weighted by Crippen LogP contribution is 2.19. The number of nitrogens with two attached hydrogens (primary N) is 1. The number of nitrogens with zero attached hydrogens (tertiary/aromatic N) is 3. The number of anilines is 1. The molecule has 4 nitrogen and oxygen atoms in total. The molecule has 0 spiro atoms. The molecule has 0 aliphatic rings. The fourth-order valence-corrected chi connectivity index (χ4v) is 1.68. The zero-order valence-electron chi connectivity index (χ0n) is 9.59. The number of nitrogen functional groups attached to an aromatic ring is 1. The molecule has 0 aliphatic carbocycles. The maximum Gasteiger partial charge on any atom is 0.163 e. The van der Waals surface area contributed by atoms with E-state index in [9.17, 15) is 0 Å². The summed E-state index contributed by atoms with van der Waals surface area (Å²) in [5, 5.41) is 8.09. The van der Waals surface area contributed by atoms with Crippen molar-refractivity contribution < 1.29 is 0 Å². The molecule has 1 aromatic carbocycles. The summed E-state index contributed by atoms with van der Waals surface area (Å²) in [5.74, 6) is 1.44. The minimum atomic E-state index is 0.566. The van der Waals surface area contributed by atoms with Gasteiger partial charge in [-0.05, 0) is 18.1 Å². The Morgan fingerprint density at radius 1 is 1.38 bits per heavy atom. The van der Waals surface area contributed by atoms with Gasteiger partial charge in [-0.25, -0.2) is 0 Å². The summed E-state index contributed by atoms with van der Waals surface area (Å²) < 4.78 is 2.06. The molecule has 0 fully saturated rings. The first-order chi connectivity index (χ1) is 7.66. The van der Waals surface area contributed by atoms with E-state index in [2.05, 4.69) is 28.6 Å². The van der Waals surface area contributed by atoms with Gasteiger partial charge in [0.2, 0.25) is 0 Å². The minimum absolute atomic E-state index is 0.566. The Morgan fingerprint density at radius 2 is 2.19 bits per heavy atom. The second-order valence-corrected chi connectivity index (χ2v) is 4.33. The van der Waals surface area contributed by atoms with E-state index in [1.165, 1.54) is 0 Å². The quantitative estimate of drug-likeness (QED) is 0.800. The number of aromatic nitrogens is 3. The van der Waals surface area contributed by atoms with Crippen molar-refractivity contribution in [3.8, 4) is 11.4 Å². The van der Waals surface area contributed by atoms with E-state index in [-0.39, 0.29) is 0 Å². The average Bonchev–Trinajstić information content (AvgIpc) is 2.65. The smallest absolute Gasteiger partial charge is 0.163 e. The highest BCUT2D eigenvalue weighted by molar-refractivity contribution is 5.60. The van der Waals surface area contributed by atoms with Gasteiger partial charge in [0.15, 0.2) is 5.82 Å². The predicted octanol–water partition coefficient (Wildman–Crippen LogP) is 2.18. The number of rotatable bonds is 3. The van der Waals surface area contributed by atoms with Crippen molar-refractivity contribution in [3.63, 3.8) is 0 Å². The topological polar surface area (TPSA) is 56.7 Å². The van der Waals surface area contributed by atoms with Crippen LogP contribution in [-0.2, 0) is 6.54 Å². The fraction of sp³-hybridized carbons (Fsp3) is 0.333. The van der Waals surface area contributed by atoms with Gasteiger partial charge in [-0.2, -0.15) is 0 Å². The molecule has 4 heteroatoms. The Kier molecular flexibility index (Phi) is 2.90. The lowest BCUT2D eigenvalue weighted by atomic mass is 10.1. The van der Waals surface area contributed by atoms with Gasteiger partial charge in [-0.3, -0.25) is 0 Å². The van der Waals surface area contributed by atoms with Gasteiger partial charge < -0.3 is 10.3 Å². The van der Waals surface area contributed by atoms with Gasteiger partial charge in [0.05, 0.1) is 0 Å². The summed E-state index contributed by atoms with van der Waals surface area (Å²) >= 11 is 0. The zero-order valence-corrected chi connectivity index (χ0v) is 9.59. The Morgan fingerprint density at radius 3 is 2.88 bits per heavy atom. The van der Waals surface area contributed by atoms with Crippen molar-refractivity contribution in [3.05, 3.63) is 30.6 Å². The molecule has 1 aromatic heterocycles. The van der Waals surface area contributed by atoms with E-state index >= 15 is 0 Å². The van der Waals surface area contributed by atoms with E-state index in [1.54, 1.807) is 6.33 Å². The first-order valence-corrected chi connectivity index (χ1v) is 5.40. The van der Waals surface area contributed by atoms with Crippen LogP contribution < -0.4 is 5.73 Å². The molecule has 0 amide bonds. The first kappa shape index (κ1) is 10.7. The number of hydrogen-bond donors (Lipinski definition) is 1. The number of benzene rings is 1. The van der Waals surface area contributed by atoms with Crippen LogP contribution in [-0.4, -0.2) is 14.8 Å². The monoisotopic (exact) mass is 216 g/mol. The molecule has 0 atom stereocenters. The summed E-state index contributed by atoms with van der Waals surface area (Å²) in [5.41, 5.74) is 7.52. The lowest BCUT2D eigenvalue weighted by Crippen LogP contribution is -2.05. The van der Waals surface area contributed by atoms with Gasteiger partial charge in [-0.1, -0.05) is 26.0 Å². The molecule has 0 saturated heterocycles. The van der Waals surface area contributed by atoms with Crippen LogP contribution in [0.1, 0.15) is 13.8 Å². The molecule has 2 N–H and O–H groups in total. The second-order valence-electron chi connectivity index (χ2n) is 4.33. The molecule has 2 rings (SSSR count). The van der Waals surface area contributed by atoms with Crippen LogP contribution in [0.25, 0.3) is 11.4 Å². The summed E-state index contributed by atoms with van der Waals surface area (Å²) in [4.78, 5) is 0. The van der Waals surface area contributed by atoms with E-state index < -0.39 is 0 Å². The SMILES string of the molecule is CC(C)Cn1cnnc1-c1cccc(N)c1. The predicted molar refractivity (Wildman–Crippen MR) is 64.7 cm³/mol. The first-order valence-electron chi connectivity index (χ1n) is 5.40. The maximum absolute atomic E-state index is 5.76. The molecular weight excluding hydrogens is 200 g/mol. The summed E-state index contributed by atoms with van der Waals surface area (Å²) in [6.07, 6.45) is 1.76. The molecule has 0 radical (unpaired) electrons. The van der Waals surface area contributed by atoms with Crippen LogP contribution in [0.5, 0.6) is 0 Å². The van der Waals surface area contributed by atoms with Crippen LogP contribution in [0, 0.1) is 5.92 Å². The number of hydrogen-bond acceptors (Lipinski definition) is 3. The highest BCUT2D eigenvalue weighted by atomic mass is 15.3. The standard InChI is InChI=1S/C12H16N4/c1-9(2)7-16-8-14-15-12(16)10-4-3-5-11(13)6-10/h3-6,8-9H,7,13H2,1-2H3. The van der Waals surface area contributed by atoms with Crippen molar-refractivity contribution in [1.82, 2.24) is 14.8 Å². The largest absolute Gasteiger partial charge is 0.399 e. The van der Waals surface area contributed by atoms with Gasteiger partial charge >= 0.3 is 0 Å². The molecule has 0 aliphatic heterocycles.